The molecule has 2 aromatic rings. The number of nitrogens with one attached hydrogen (secondary N) is 1. The molecule has 0 bridgehead atoms. The van der Waals surface area contributed by atoms with Gasteiger partial charge in [-0.05, 0) is 47.1 Å². The van der Waals surface area contributed by atoms with Gasteiger partial charge in [0, 0.05) is 9.37 Å². The Bertz CT molecular complexity index is 646. The maximum atomic E-state index is 12.3. The van der Waals surface area contributed by atoms with Gasteiger partial charge in [-0.25, -0.2) is 0 Å². The monoisotopic (exact) mass is 403 g/mol. The van der Waals surface area contributed by atoms with Gasteiger partial charge in [-0.15, -0.1) is 11.8 Å². The van der Waals surface area contributed by atoms with Crippen LogP contribution in [0.4, 0.5) is 5.69 Å². The van der Waals surface area contributed by atoms with E-state index in [0.717, 1.165) is 9.37 Å². The van der Waals surface area contributed by atoms with Gasteiger partial charge in [0.15, 0.2) is 0 Å². The minimum absolute atomic E-state index is 0.147. The average Bonchev–Trinajstić information content (AvgIpc) is 2.45. The summed E-state index contributed by atoms with van der Waals surface area (Å²) in [6.45, 7) is 1.84. The highest BCUT2D eigenvalue weighted by atomic mass is 79.9. The predicted molar refractivity (Wildman–Crippen MR) is 94.6 cm³/mol. The average molecular weight is 405 g/mol. The van der Waals surface area contributed by atoms with Crippen LogP contribution in [0, 0.1) is 0 Å². The van der Waals surface area contributed by atoms with Crippen molar-refractivity contribution >= 4 is 62.5 Å². The van der Waals surface area contributed by atoms with Gasteiger partial charge in [-0.3, -0.25) is 4.79 Å². The molecular weight excluding hydrogens is 393 g/mol. The van der Waals surface area contributed by atoms with E-state index in [2.05, 4.69) is 21.2 Å². The lowest BCUT2D eigenvalue weighted by molar-refractivity contribution is -0.115. The maximum Gasteiger partial charge on any atom is 0.237 e. The fourth-order valence-corrected chi connectivity index (χ4v) is 3.57. The number of hydrogen-bond donors (Lipinski definition) is 1. The van der Waals surface area contributed by atoms with Crippen LogP contribution in [0.2, 0.25) is 10.0 Å². The first-order chi connectivity index (χ1) is 9.99. The van der Waals surface area contributed by atoms with Crippen molar-refractivity contribution in [2.75, 3.05) is 5.32 Å². The van der Waals surface area contributed by atoms with Crippen molar-refractivity contribution < 1.29 is 4.79 Å². The summed E-state index contributed by atoms with van der Waals surface area (Å²) in [7, 11) is 0. The summed E-state index contributed by atoms with van der Waals surface area (Å²) >= 11 is 17.0. The number of anilines is 1. The van der Waals surface area contributed by atoms with Gasteiger partial charge in [0.1, 0.15) is 0 Å². The first-order valence-corrected chi connectivity index (χ1v) is 8.58. The standard InChI is InChI=1S/C15H12BrCl2NOS/c1-9(21-13-8-3-2-5-10(13)16)15(20)19-14-11(17)6-4-7-12(14)18/h2-9H,1H3,(H,19,20). The molecule has 110 valence electrons. The van der Waals surface area contributed by atoms with E-state index in [-0.39, 0.29) is 11.2 Å². The largest absolute Gasteiger partial charge is 0.323 e. The van der Waals surface area contributed by atoms with E-state index in [4.69, 9.17) is 23.2 Å². The quantitative estimate of drug-likeness (QED) is 0.645. The minimum atomic E-state index is -0.281. The van der Waals surface area contributed by atoms with Crippen LogP contribution in [0.25, 0.3) is 0 Å². The Morgan fingerprint density at radius 2 is 1.76 bits per heavy atom. The molecule has 1 atom stereocenters. The molecule has 2 aromatic carbocycles. The zero-order chi connectivity index (χ0) is 15.4. The van der Waals surface area contributed by atoms with Gasteiger partial charge in [-0.2, -0.15) is 0 Å². The summed E-state index contributed by atoms with van der Waals surface area (Å²) in [4.78, 5) is 13.3. The molecule has 1 N–H and O–H groups in total. The first kappa shape index (κ1) is 16.7. The fraction of sp³-hybridized carbons (Fsp3) is 0.133. The van der Waals surface area contributed by atoms with E-state index >= 15 is 0 Å². The zero-order valence-corrected chi connectivity index (χ0v) is 15.0. The number of carbonyl (C=O) groups is 1. The van der Waals surface area contributed by atoms with Crippen LogP contribution in [0.15, 0.2) is 51.8 Å². The summed E-state index contributed by atoms with van der Waals surface area (Å²) < 4.78 is 0.963. The van der Waals surface area contributed by atoms with Crippen LogP contribution in [-0.4, -0.2) is 11.2 Å². The lowest BCUT2D eigenvalue weighted by Gasteiger charge is -2.14. The Morgan fingerprint density at radius 3 is 2.38 bits per heavy atom. The number of halogens is 3. The van der Waals surface area contributed by atoms with Gasteiger partial charge in [0.2, 0.25) is 5.91 Å². The van der Waals surface area contributed by atoms with Gasteiger partial charge < -0.3 is 5.32 Å². The number of para-hydroxylation sites is 1. The topological polar surface area (TPSA) is 29.1 Å². The molecule has 2 rings (SSSR count). The molecule has 0 saturated heterocycles. The molecule has 1 unspecified atom stereocenters. The second-order valence-electron chi connectivity index (χ2n) is 4.28. The van der Waals surface area contributed by atoms with Crippen LogP contribution in [0.5, 0.6) is 0 Å². The van der Waals surface area contributed by atoms with Crippen molar-refractivity contribution in [1.29, 1.82) is 0 Å². The molecule has 0 aliphatic rings. The van der Waals surface area contributed by atoms with Crippen molar-refractivity contribution in [3.63, 3.8) is 0 Å². The normalized spacial score (nSPS) is 12.0. The molecule has 0 saturated carbocycles. The summed E-state index contributed by atoms with van der Waals surface area (Å²) in [6.07, 6.45) is 0. The number of thioether (sulfide) groups is 1. The Kier molecular flexibility index (Phi) is 5.99. The van der Waals surface area contributed by atoms with Crippen LogP contribution < -0.4 is 5.32 Å². The highest BCUT2D eigenvalue weighted by Crippen LogP contribution is 2.33. The third-order valence-corrected chi connectivity index (χ3v) is 5.48. The second-order valence-corrected chi connectivity index (χ2v) is 7.33. The second kappa shape index (κ2) is 7.54. The highest BCUT2D eigenvalue weighted by molar-refractivity contribution is 9.10. The molecule has 0 aliphatic heterocycles. The van der Waals surface area contributed by atoms with Crippen LogP contribution in [0.3, 0.4) is 0 Å². The molecule has 0 aliphatic carbocycles. The summed E-state index contributed by atoms with van der Waals surface area (Å²) in [5.41, 5.74) is 0.449. The molecule has 21 heavy (non-hydrogen) atoms. The summed E-state index contributed by atoms with van der Waals surface area (Å²) in [5.74, 6) is -0.147. The van der Waals surface area contributed by atoms with Crippen LogP contribution >= 0.6 is 50.9 Å². The minimum Gasteiger partial charge on any atom is -0.323 e. The van der Waals surface area contributed by atoms with Gasteiger partial charge in [-0.1, -0.05) is 41.4 Å². The lowest BCUT2D eigenvalue weighted by atomic mass is 10.3. The molecular formula is C15H12BrCl2NOS. The van der Waals surface area contributed by atoms with E-state index in [1.807, 2.05) is 31.2 Å². The molecule has 0 radical (unpaired) electrons. The number of hydrogen-bond acceptors (Lipinski definition) is 2. The molecule has 1 amide bonds. The van der Waals surface area contributed by atoms with E-state index in [9.17, 15) is 4.79 Å². The fourth-order valence-electron chi connectivity index (χ4n) is 1.63. The number of benzene rings is 2. The van der Waals surface area contributed by atoms with E-state index in [1.165, 1.54) is 11.8 Å². The predicted octanol–water partition coefficient (Wildman–Crippen LogP) is 5.88. The third kappa shape index (κ3) is 4.39. The Labute approximate surface area is 146 Å². The van der Waals surface area contributed by atoms with Gasteiger partial charge in [0.05, 0.1) is 21.0 Å². The Balaban J connectivity index is 2.08. The number of rotatable bonds is 4. The molecule has 2 nitrogen and oxygen atoms in total. The van der Waals surface area contributed by atoms with Gasteiger partial charge in [0.25, 0.3) is 0 Å². The number of carbonyl (C=O) groups excluding carboxylic acids is 1. The van der Waals surface area contributed by atoms with Crippen LogP contribution in [-0.2, 0) is 4.79 Å². The Morgan fingerprint density at radius 1 is 1.14 bits per heavy atom. The van der Waals surface area contributed by atoms with Crippen molar-refractivity contribution in [1.82, 2.24) is 0 Å². The molecule has 0 heterocycles. The van der Waals surface area contributed by atoms with E-state index < -0.39 is 0 Å². The SMILES string of the molecule is CC(Sc1ccccc1Br)C(=O)Nc1c(Cl)cccc1Cl. The smallest absolute Gasteiger partial charge is 0.237 e. The highest BCUT2D eigenvalue weighted by Gasteiger charge is 2.18. The van der Waals surface area contributed by atoms with Crippen molar-refractivity contribution in [2.24, 2.45) is 0 Å². The van der Waals surface area contributed by atoms with E-state index in [1.54, 1.807) is 18.2 Å². The van der Waals surface area contributed by atoms with Crippen molar-refractivity contribution in [3.05, 3.63) is 57.0 Å². The molecule has 6 heteroatoms. The molecule has 0 spiro atoms. The maximum absolute atomic E-state index is 12.3. The number of amides is 1. The summed E-state index contributed by atoms with van der Waals surface area (Å²) in [6, 6.07) is 12.9. The van der Waals surface area contributed by atoms with Crippen LogP contribution in [0.1, 0.15) is 6.92 Å². The molecule has 0 aromatic heterocycles. The van der Waals surface area contributed by atoms with Crippen molar-refractivity contribution in [2.45, 2.75) is 17.1 Å². The van der Waals surface area contributed by atoms with E-state index in [0.29, 0.717) is 15.7 Å². The third-order valence-electron chi connectivity index (χ3n) is 2.72. The van der Waals surface area contributed by atoms with Gasteiger partial charge >= 0.3 is 0 Å². The van der Waals surface area contributed by atoms with Crippen molar-refractivity contribution in [3.8, 4) is 0 Å². The zero-order valence-electron chi connectivity index (χ0n) is 11.1. The first-order valence-electron chi connectivity index (χ1n) is 6.15. The molecule has 0 fully saturated rings. The lowest BCUT2D eigenvalue weighted by Crippen LogP contribution is -2.22. The summed E-state index contributed by atoms with van der Waals surface area (Å²) in [5, 5.41) is 3.35. The Hall–Kier alpha value is -0.680.